The molecule has 0 saturated carbocycles. The fourth-order valence-electron chi connectivity index (χ4n) is 8.33. The maximum absolute atomic E-state index is 11.2. The van der Waals surface area contributed by atoms with Crippen molar-refractivity contribution >= 4 is 61.8 Å². The number of nitrogens with zero attached hydrogens (tertiary/aromatic N) is 3. The van der Waals surface area contributed by atoms with Gasteiger partial charge in [-0.2, -0.15) is 0 Å². The maximum atomic E-state index is 11.2. The summed E-state index contributed by atoms with van der Waals surface area (Å²) in [7, 11) is -3.87. The molecule has 2 heterocycles. The number of anilines is 1. The Hall–Kier alpha value is -3.33. The number of nitrogens with two attached hydrogens (primary N) is 1. The van der Waals surface area contributed by atoms with E-state index in [9.17, 15) is 10.1 Å². The zero-order valence-electron chi connectivity index (χ0n) is 32.6. The molecule has 286 valence electrons. The first-order chi connectivity index (χ1) is 24.3. The number of ether oxygens (including phenoxy) is 2. The van der Waals surface area contributed by atoms with Crippen molar-refractivity contribution in [2.45, 2.75) is 130 Å². The SMILES string of the molecule is CC(C)[Si](c1ncc(COc2ccc(Cl)cc2N)o1)(C(C)C)C(C)C.CC(C)[Si](c1ncc(COc2ccc(Cl)cc2[N+](=O)[O-])o1)(C(C)C)C(C)C. The summed E-state index contributed by atoms with van der Waals surface area (Å²) in [4.78, 5) is 19.9. The van der Waals surface area contributed by atoms with Gasteiger partial charge in [0, 0.05) is 16.1 Å². The monoisotopic (exact) mass is 790 g/mol. The van der Waals surface area contributed by atoms with E-state index in [0.29, 0.717) is 62.1 Å². The Kier molecular flexibility index (Phi) is 15.0. The lowest BCUT2D eigenvalue weighted by molar-refractivity contribution is -0.385. The molecule has 0 bridgehead atoms. The molecule has 0 spiro atoms. The number of aromatic nitrogens is 2. The van der Waals surface area contributed by atoms with Crippen LogP contribution in [0.4, 0.5) is 11.4 Å². The molecule has 0 saturated heterocycles. The molecule has 0 aliphatic heterocycles. The van der Waals surface area contributed by atoms with Crippen molar-refractivity contribution in [3.05, 3.63) is 80.5 Å². The highest BCUT2D eigenvalue weighted by atomic mass is 35.5. The predicted molar refractivity (Wildman–Crippen MR) is 217 cm³/mol. The molecule has 10 nitrogen and oxygen atoms in total. The zero-order chi connectivity index (χ0) is 39.1. The normalized spacial score (nSPS) is 12.3. The third-order valence-electron chi connectivity index (χ3n) is 10.4. The highest BCUT2D eigenvalue weighted by Gasteiger charge is 2.50. The van der Waals surface area contributed by atoms with E-state index in [1.165, 1.54) is 12.1 Å². The van der Waals surface area contributed by atoms with E-state index in [1.54, 1.807) is 36.7 Å². The third kappa shape index (κ3) is 9.24. The molecule has 14 heteroatoms. The molecule has 2 aromatic carbocycles. The Morgan fingerprint density at radius 2 is 1.04 bits per heavy atom. The average molecular weight is 792 g/mol. The van der Waals surface area contributed by atoms with Gasteiger partial charge in [0.25, 0.3) is 0 Å². The van der Waals surface area contributed by atoms with Gasteiger partial charge in [0.05, 0.1) is 23.0 Å². The summed E-state index contributed by atoms with van der Waals surface area (Å²) in [6.07, 6.45) is 3.46. The van der Waals surface area contributed by atoms with Gasteiger partial charge in [-0.15, -0.1) is 0 Å². The minimum atomic E-state index is -1.99. The molecule has 0 unspecified atom stereocenters. The summed E-state index contributed by atoms with van der Waals surface area (Å²) < 4.78 is 23.7. The van der Waals surface area contributed by atoms with Crippen molar-refractivity contribution in [2.75, 3.05) is 5.73 Å². The van der Waals surface area contributed by atoms with Crippen molar-refractivity contribution < 1.29 is 23.2 Å². The second kappa shape index (κ2) is 18.1. The van der Waals surface area contributed by atoms with Gasteiger partial charge in [0.2, 0.25) is 0 Å². The zero-order valence-corrected chi connectivity index (χ0v) is 36.1. The molecular formula is C38H56Cl2N4O6Si2. The summed E-state index contributed by atoms with van der Waals surface area (Å²) in [5.74, 6) is 2.04. The molecule has 0 atom stereocenters. The molecule has 0 aliphatic rings. The first-order valence-electron chi connectivity index (χ1n) is 17.9. The van der Waals surface area contributed by atoms with Crippen molar-refractivity contribution in [1.29, 1.82) is 0 Å². The topological polar surface area (TPSA) is 140 Å². The van der Waals surface area contributed by atoms with Crippen LogP contribution in [-0.4, -0.2) is 31.0 Å². The Balaban J connectivity index is 0.000000281. The smallest absolute Gasteiger partial charge is 0.312 e. The van der Waals surface area contributed by atoms with Crippen LogP contribution in [-0.2, 0) is 13.2 Å². The largest absolute Gasteiger partial charge is 0.483 e. The second-order valence-electron chi connectivity index (χ2n) is 15.2. The van der Waals surface area contributed by atoms with Gasteiger partial charge >= 0.3 is 5.69 Å². The van der Waals surface area contributed by atoms with E-state index >= 15 is 0 Å². The van der Waals surface area contributed by atoms with E-state index in [0.717, 1.165) is 16.8 Å². The number of hydrogen-bond acceptors (Lipinski definition) is 9. The van der Waals surface area contributed by atoms with Crippen LogP contribution in [0.25, 0.3) is 0 Å². The Morgan fingerprint density at radius 3 is 1.40 bits per heavy atom. The summed E-state index contributed by atoms with van der Waals surface area (Å²) in [6.45, 7) is 27.6. The van der Waals surface area contributed by atoms with Crippen molar-refractivity contribution in [2.24, 2.45) is 0 Å². The van der Waals surface area contributed by atoms with Crippen LogP contribution in [0.2, 0.25) is 43.3 Å². The molecule has 4 rings (SSSR count). The van der Waals surface area contributed by atoms with Gasteiger partial charge in [-0.25, -0.2) is 9.97 Å². The van der Waals surface area contributed by atoms with E-state index in [2.05, 4.69) is 93.1 Å². The van der Waals surface area contributed by atoms with Gasteiger partial charge < -0.3 is 24.0 Å². The molecule has 0 fully saturated rings. The van der Waals surface area contributed by atoms with Gasteiger partial charge in [-0.1, -0.05) is 106 Å². The summed E-state index contributed by atoms with van der Waals surface area (Å²) in [6, 6.07) is 9.53. The molecule has 2 N–H and O–H groups in total. The van der Waals surface area contributed by atoms with Crippen LogP contribution >= 0.6 is 23.2 Å². The van der Waals surface area contributed by atoms with E-state index in [4.69, 9.17) is 47.2 Å². The van der Waals surface area contributed by atoms with Gasteiger partial charge in [0.15, 0.2) is 44.4 Å². The van der Waals surface area contributed by atoms with Crippen LogP contribution in [0.5, 0.6) is 11.5 Å². The number of rotatable bonds is 15. The first kappa shape index (κ1) is 43.1. The van der Waals surface area contributed by atoms with Crippen LogP contribution in [0.3, 0.4) is 0 Å². The van der Waals surface area contributed by atoms with Crippen molar-refractivity contribution in [1.82, 2.24) is 9.97 Å². The molecule has 4 aromatic rings. The van der Waals surface area contributed by atoms with E-state index in [-0.39, 0.29) is 23.1 Å². The third-order valence-corrected chi connectivity index (χ3v) is 24.3. The quantitative estimate of drug-likeness (QED) is 0.0539. The molecular weight excluding hydrogens is 736 g/mol. The lowest BCUT2D eigenvalue weighted by atomic mass is 10.3. The molecule has 0 radical (unpaired) electrons. The maximum Gasteiger partial charge on any atom is 0.312 e. The highest BCUT2D eigenvalue weighted by Crippen LogP contribution is 2.42. The molecule has 52 heavy (non-hydrogen) atoms. The van der Waals surface area contributed by atoms with Gasteiger partial charge in [-0.05, 0) is 63.6 Å². The van der Waals surface area contributed by atoms with Crippen molar-refractivity contribution in [3.8, 4) is 11.5 Å². The minimum absolute atomic E-state index is 0.0776. The van der Waals surface area contributed by atoms with Gasteiger partial charge in [-0.3, -0.25) is 10.1 Å². The fraction of sp³-hybridized carbons (Fsp3) is 0.526. The Bertz CT molecular complexity index is 1730. The molecule has 2 aromatic heterocycles. The standard InChI is InChI=1S/C19H27ClN2O4Si.C19H29ClN2O2Si/c1-12(2)27(13(3)4,14(5)6)19-21-10-16(26-19)11-25-18-8-7-15(20)9-17(18)22(23)24;1-12(2)25(13(3)4,14(5)6)19-22-10-16(24-19)11-23-18-8-7-15(20)9-17(18)21/h7-10,12-14H,11H2,1-6H3;7-10,12-14H,11,21H2,1-6H3. The molecule has 0 aliphatic carbocycles. The lowest BCUT2D eigenvalue weighted by Crippen LogP contribution is -2.56. The lowest BCUT2D eigenvalue weighted by Gasteiger charge is -2.39. The number of benzene rings is 2. The number of nitro groups is 1. The number of oxazole rings is 2. The number of hydrogen-bond donors (Lipinski definition) is 1. The van der Waals surface area contributed by atoms with Crippen molar-refractivity contribution in [3.63, 3.8) is 0 Å². The average Bonchev–Trinajstić information content (AvgIpc) is 3.70. The van der Waals surface area contributed by atoms with E-state index in [1.807, 2.05) is 0 Å². The van der Waals surface area contributed by atoms with Crippen LogP contribution in [0.1, 0.15) is 94.6 Å². The summed E-state index contributed by atoms with van der Waals surface area (Å²) in [5, 5.41) is 12.1. The second-order valence-corrected chi connectivity index (χ2v) is 27.6. The summed E-state index contributed by atoms with van der Waals surface area (Å²) >= 11 is 11.8. The highest BCUT2D eigenvalue weighted by molar-refractivity contribution is 6.94. The first-order valence-corrected chi connectivity index (χ1v) is 23.2. The number of nitro benzene ring substituents is 1. The Morgan fingerprint density at radius 1 is 0.673 bits per heavy atom. The van der Waals surface area contributed by atoms with Crippen LogP contribution < -0.4 is 26.2 Å². The minimum Gasteiger partial charge on any atom is -0.483 e. The number of nitrogen functional groups attached to an aromatic ring is 1. The number of halogens is 2. The Labute approximate surface area is 321 Å². The molecule has 0 amide bonds. The van der Waals surface area contributed by atoms with Crippen LogP contribution in [0.15, 0.2) is 57.6 Å². The van der Waals surface area contributed by atoms with Gasteiger partial charge in [0.1, 0.15) is 19.0 Å². The predicted octanol–water partition coefficient (Wildman–Crippen LogP) is 11.1. The summed E-state index contributed by atoms with van der Waals surface area (Å²) in [5.41, 5.74) is 11.1. The van der Waals surface area contributed by atoms with Crippen LogP contribution in [0, 0.1) is 10.1 Å². The fourth-order valence-corrected chi connectivity index (χ4v) is 20.8. The van der Waals surface area contributed by atoms with E-state index < -0.39 is 21.1 Å².